The van der Waals surface area contributed by atoms with Crippen LogP contribution in [0.4, 0.5) is 0 Å². The monoisotopic (exact) mass is 255 g/mol. The Bertz CT molecular complexity index is 636. The molecule has 98 valence electrons. The second kappa shape index (κ2) is 5.57. The second-order valence-electron chi connectivity index (χ2n) is 4.42. The van der Waals surface area contributed by atoms with E-state index >= 15 is 0 Å². The number of fused-ring (bicyclic) bond motifs is 1. The Morgan fingerprint density at radius 3 is 2.89 bits per heavy atom. The number of para-hydroxylation sites is 1. The fourth-order valence-corrected chi connectivity index (χ4v) is 2.15. The first-order valence-corrected chi connectivity index (χ1v) is 6.33. The lowest BCUT2D eigenvalue weighted by atomic mass is 10.2. The van der Waals surface area contributed by atoms with Gasteiger partial charge >= 0.3 is 0 Å². The third-order valence-corrected chi connectivity index (χ3v) is 3.02. The van der Waals surface area contributed by atoms with E-state index in [9.17, 15) is 4.79 Å². The molecule has 0 spiro atoms. The third kappa shape index (κ3) is 2.45. The van der Waals surface area contributed by atoms with Gasteiger partial charge in [0.25, 0.3) is 5.91 Å². The van der Waals surface area contributed by atoms with Gasteiger partial charge in [-0.2, -0.15) is 5.10 Å². The number of nitrogens with zero attached hydrogens (tertiary/aromatic N) is 3. The maximum atomic E-state index is 12.5. The van der Waals surface area contributed by atoms with Gasteiger partial charge in [-0.05, 0) is 12.5 Å². The molecule has 2 rings (SSSR count). The van der Waals surface area contributed by atoms with E-state index in [4.69, 9.17) is 6.42 Å². The Kier molecular flexibility index (Phi) is 3.86. The SMILES string of the molecule is C#CCN(CCC)C(=O)c1nn(C)c2ccccc12. The van der Waals surface area contributed by atoms with Crippen LogP contribution in [0.15, 0.2) is 24.3 Å². The molecule has 0 aliphatic heterocycles. The van der Waals surface area contributed by atoms with Crippen LogP contribution in [-0.4, -0.2) is 33.7 Å². The molecule has 0 fully saturated rings. The van der Waals surface area contributed by atoms with Crippen molar-refractivity contribution in [1.82, 2.24) is 14.7 Å². The number of aromatic nitrogens is 2. The van der Waals surface area contributed by atoms with Gasteiger partial charge in [-0.1, -0.05) is 31.0 Å². The molecular weight excluding hydrogens is 238 g/mol. The zero-order valence-electron chi connectivity index (χ0n) is 11.3. The average Bonchev–Trinajstić information content (AvgIpc) is 2.76. The maximum absolute atomic E-state index is 12.5. The first-order chi connectivity index (χ1) is 9.19. The van der Waals surface area contributed by atoms with Crippen molar-refractivity contribution in [2.75, 3.05) is 13.1 Å². The number of benzene rings is 1. The molecule has 0 atom stereocenters. The molecular formula is C15H17N3O. The lowest BCUT2D eigenvalue weighted by molar-refractivity contribution is 0.0772. The molecule has 0 saturated heterocycles. The lowest BCUT2D eigenvalue weighted by Crippen LogP contribution is -2.32. The van der Waals surface area contributed by atoms with Crippen LogP contribution < -0.4 is 0 Å². The van der Waals surface area contributed by atoms with Gasteiger partial charge in [-0.3, -0.25) is 9.48 Å². The highest BCUT2D eigenvalue weighted by molar-refractivity contribution is 6.04. The van der Waals surface area contributed by atoms with Gasteiger partial charge < -0.3 is 4.90 Å². The molecule has 0 unspecified atom stereocenters. The number of aryl methyl sites for hydroxylation is 1. The Labute approximate surface area is 113 Å². The highest BCUT2D eigenvalue weighted by atomic mass is 16.2. The lowest BCUT2D eigenvalue weighted by Gasteiger charge is -2.18. The first-order valence-electron chi connectivity index (χ1n) is 6.33. The normalized spacial score (nSPS) is 10.4. The number of hydrogen-bond acceptors (Lipinski definition) is 2. The first kappa shape index (κ1) is 13.2. The minimum absolute atomic E-state index is 0.100. The predicted octanol–water partition coefficient (Wildman–Crippen LogP) is 2.06. The van der Waals surface area contributed by atoms with Crippen LogP contribution in [-0.2, 0) is 7.05 Å². The summed E-state index contributed by atoms with van der Waals surface area (Å²) in [4.78, 5) is 14.2. The molecule has 1 amide bonds. The smallest absolute Gasteiger partial charge is 0.275 e. The van der Waals surface area contributed by atoms with Gasteiger partial charge in [0, 0.05) is 19.0 Å². The van der Waals surface area contributed by atoms with Crippen LogP contribution in [0, 0.1) is 12.3 Å². The van der Waals surface area contributed by atoms with E-state index in [1.807, 2.05) is 38.2 Å². The van der Waals surface area contributed by atoms with Crippen LogP contribution in [0.3, 0.4) is 0 Å². The Morgan fingerprint density at radius 1 is 1.47 bits per heavy atom. The van der Waals surface area contributed by atoms with Crippen molar-refractivity contribution >= 4 is 16.8 Å². The van der Waals surface area contributed by atoms with Gasteiger partial charge in [0.15, 0.2) is 5.69 Å². The van der Waals surface area contributed by atoms with Crippen molar-refractivity contribution in [2.45, 2.75) is 13.3 Å². The van der Waals surface area contributed by atoms with Gasteiger partial charge in [0.2, 0.25) is 0 Å². The molecule has 0 radical (unpaired) electrons. The molecule has 4 heteroatoms. The summed E-state index contributed by atoms with van der Waals surface area (Å²) in [5, 5.41) is 5.20. The summed E-state index contributed by atoms with van der Waals surface area (Å²) in [5.74, 6) is 2.43. The minimum Gasteiger partial charge on any atom is -0.326 e. The van der Waals surface area contributed by atoms with Gasteiger partial charge in [-0.15, -0.1) is 6.42 Å². The maximum Gasteiger partial charge on any atom is 0.275 e. The van der Waals surface area contributed by atoms with Crippen molar-refractivity contribution in [2.24, 2.45) is 7.05 Å². The summed E-state index contributed by atoms with van der Waals surface area (Å²) in [6.45, 7) is 2.98. The molecule has 1 heterocycles. The Balaban J connectivity index is 2.43. The van der Waals surface area contributed by atoms with Crippen LogP contribution >= 0.6 is 0 Å². The Hall–Kier alpha value is -2.28. The van der Waals surface area contributed by atoms with Crippen LogP contribution in [0.5, 0.6) is 0 Å². The summed E-state index contributed by atoms with van der Waals surface area (Å²) in [5.41, 5.74) is 1.42. The summed E-state index contributed by atoms with van der Waals surface area (Å²) in [6.07, 6.45) is 6.20. The number of hydrogen-bond donors (Lipinski definition) is 0. The number of terminal acetylenes is 1. The van der Waals surface area contributed by atoms with Crippen LogP contribution in [0.1, 0.15) is 23.8 Å². The van der Waals surface area contributed by atoms with Gasteiger partial charge in [0.05, 0.1) is 12.1 Å². The number of carbonyl (C=O) groups excluding carboxylic acids is 1. The molecule has 2 aromatic rings. The molecule has 1 aromatic carbocycles. The molecule has 0 aliphatic carbocycles. The molecule has 0 saturated carbocycles. The Morgan fingerprint density at radius 2 is 2.21 bits per heavy atom. The zero-order valence-corrected chi connectivity index (χ0v) is 11.3. The fourth-order valence-electron chi connectivity index (χ4n) is 2.15. The highest BCUT2D eigenvalue weighted by Crippen LogP contribution is 2.18. The third-order valence-electron chi connectivity index (χ3n) is 3.02. The molecule has 0 bridgehead atoms. The quantitative estimate of drug-likeness (QED) is 0.784. The average molecular weight is 255 g/mol. The summed E-state index contributed by atoms with van der Waals surface area (Å²) in [6, 6.07) is 7.70. The largest absolute Gasteiger partial charge is 0.326 e. The fraction of sp³-hybridized carbons (Fsp3) is 0.333. The number of rotatable bonds is 4. The molecule has 0 N–H and O–H groups in total. The second-order valence-corrected chi connectivity index (χ2v) is 4.42. The van der Waals surface area contributed by atoms with E-state index in [1.54, 1.807) is 9.58 Å². The topological polar surface area (TPSA) is 38.1 Å². The van der Waals surface area contributed by atoms with Crippen LogP contribution in [0.25, 0.3) is 10.9 Å². The number of amides is 1. The summed E-state index contributed by atoms with van der Waals surface area (Å²) >= 11 is 0. The number of carbonyl (C=O) groups is 1. The summed E-state index contributed by atoms with van der Waals surface area (Å²) < 4.78 is 1.72. The highest BCUT2D eigenvalue weighted by Gasteiger charge is 2.20. The van der Waals surface area contributed by atoms with Crippen molar-refractivity contribution in [3.05, 3.63) is 30.0 Å². The standard InChI is InChI=1S/C15H17N3O/c1-4-10-18(11-5-2)15(19)14-12-8-6-7-9-13(12)17(3)16-14/h1,6-9H,5,10-11H2,2-3H3. The van der Waals surface area contributed by atoms with Crippen LogP contribution in [0.2, 0.25) is 0 Å². The van der Waals surface area contributed by atoms with Crippen molar-refractivity contribution < 1.29 is 4.79 Å². The van der Waals surface area contributed by atoms with Crippen molar-refractivity contribution in [3.63, 3.8) is 0 Å². The van der Waals surface area contributed by atoms with E-state index in [1.165, 1.54) is 0 Å². The van der Waals surface area contributed by atoms with Crippen molar-refractivity contribution in [3.8, 4) is 12.3 Å². The summed E-state index contributed by atoms with van der Waals surface area (Å²) in [7, 11) is 1.84. The van der Waals surface area contributed by atoms with Gasteiger partial charge in [0.1, 0.15) is 0 Å². The van der Waals surface area contributed by atoms with E-state index < -0.39 is 0 Å². The van der Waals surface area contributed by atoms with E-state index in [-0.39, 0.29) is 5.91 Å². The minimum atomic E-state index is -0.100. The molecule has 0 aliphatic rings. The van der Waals surface area contributed by atoms with E-state index in [2.05, 4.69) is 11.0 Å². The van der Waals surface area contributed by atoms with E-state index in [0.717, 1.165) is 17.3 Å². The van der Waals surface area contributed by atoms with Gasteiger partial charge in [-0.25, -0.2) is 0 Å². The molecule has 1 aromatic heterocycles. The molecule has 4 nitrogen and oxygen atoms in total. The van der Waals surface area contributed by atoms with Crippen molar-refractivity contribution in [1.29, 1.82) is 0 Å². The predicted molar refractivity (Wildman–Crippen MR) is 75.7 cm³/mol. The zero-order chi connectivity index (χ0) is 13.8. The van der Waals surface area contributed by atoms with E-state index in [0.29, 0.717) is 18.8 Å². The molecule has 19 heavy (non-hydrogen) atoms.